The number of aromatic amines is 1. The Bertz CT molecular complexity index is 1120. The molecule has 0 unspecified atom stereocenters. The second kappa shape index (κ2) is 6.69. The van der Waals surface area contributed by atoms with Crippen LogP contribution < -0.4 is 10.1 Å². The van der Waals surface area contributed by atoms with Crippen LogP contribution in [0.2, 0.25) is 5.02 Å². The van der Waals surface area contributed by atoms with Crippen molar-refractivity contribution in [3.63, 3.8) is 0 Å². The molecule has 1 amide bonds. The first-order valence-corrected chi connectivity index (χ1v) is 8.36. The number of anilines is 1. The van der Waals surface area contributed by atoms with E-state index in [2.05, 4.69) is 10.3 Å². The minimum absolute atomic E-state index is 0.0640. The number of hydrogen-bond donors (Lipinski definition) is 2. The number of hydrogen-bond acceptors (Lipinski definition) is 2. The monoisotopic (exact) mass is 368 g/mol. The number of fused-ring (bicyclic) bond motifs is 3. The summed E-state index contributed by atoms with van der Waals surface area (Å²) in [6, 6.07) is 17.6. The number of benzene rings is 3. The molecule has 4 aromatic rings. The minimum Gasteiger partial charge on any atom is -0.484 e. The Morgan fingerprint density at radius 1 is 1.04 bits per heavy atom. The highest BCUT2D eigenvalue weighted by molar-refractivity contribution is 6.30. The molecule has 0 bridgehead atoms. The van der Waals surface area contributed by atoms with Gasteiger partial charge in [0.15, 0.2) is 6.61 Å². The second-order valence-corrected chi connectivity index (χ2v) is 6.28. The standard InChI is InChI=1S/C20H14ClFN2O2/c21-12-5-8-18(16(22)9-12)24-20(25)11-26-13-6-7-15-14-3-1-2-4-17(14)23-19(15)10-13/h1-10,23H,11H2,(H,24,25). The van der Waals surface area contributed by atoms with Crippen LogP contribution in [0.1, 0.15) is 0 Å². The van der Waals surface area contributed by atoms with Crippen molar-refractivity contribution in [3.05, 3.63) is 71.5 Å². The number of ether oxygens (including phenoxy) is 1. The Morgan fingerprint density at radius 3 is 2.69 bits per heavy atom. The number of carbonyl (C=O) groups is 1. The Labute approximate surface area is 153 Å². The Morgan fingerprint density at radius 2 is 1.85 bits per heavy atom. The minimum atomic E-state index is -0.592. The first-order chi connectivity index (χ1) is 12.6. The van der Waals surface area contributed by atoms with Gasteiger partial charge in [-0.25, -0.2) is 4.39 Å². The molecule has 130 valence electrons. The van der Waals surface area contributed by atoms with E-state index in [9.17, 15) is 9.18 Å². The van der Waals surface area contributed by atoms with E-state index >= 15 is 0 Å². The SMILES string of the molecule is O=C(COc1ccc2c(c1)[nH]c1ccccc12)Nc1ccc(Cl)cc1F. The first kappa shape index (κ1) is 16.4. The summed E-state index contributed by atoms with van der Waals surface area (Å²) in [7, 11) is 0. The van der Waals surface area contributed by atoms with Crippen LogP contribution in [-0.4, -0.2) is 17.5 Å². The highest BCUT2D eigenvalue weighted by Crippen LogP contribution is 2.28. The van der Waals surface area contributed by atoms with Gasteiger partial charge in [0, 0.05) is 27.4 Å². The van der Waals surface area contributed by atoms with Crippen LogP contribution in [-0.2, 0) is 4.79 Å². The van der Waals surface area contributed by atoms with Crippen molar-refractivity contribution in [2.45, 2.75) is 0 Å². The maximum Gasteiger partial charge on any atom is 0.262 e. The number of amides is 1. The van der Waals surface area contributed by atoms with Crippen molar-refractivity contribution in [2.75, 3.05) is 11.9 Å². The number of nitrogens with one attached hydrogen (secondary N) is 2. The summed E-state index contributed by atoms with van der Waals surface area (Å²) in [5.41, 5.74) is 2.03. The van der Waals surface area contributed by atoms with Gasteiger partial charge in [-0.2, -0.15) is 0 Å². The zero-order valence-electron chi connectivity index (χ0n) is 13.6. The lowest BCUT2D eigenvalue weighted by molar-refractivity contribution is -0.118. The Kier molecular flexibility index (Phi) is 4.22. The molecule has 1 aromatic heterocycles. The van der Waals surface area contributed by atoms with E-state index < -0.39 is 11.7 Å². The lowest BCUT2D eigenvalue weighted by atomic mass is 10.1. The van der Waals surface area contributed by atoms with Crippen LogP contribution in [0.15, 0.2) is 60.7 Å². The zero-order chi connectivity index (χ0) is 18.1. The molecule has 0 saturated heterocycles. The molecule has 3 aromatic carbocycles. The summed E-state index contributed by atoms with van der Waals surface area (Å²) in [5, 5.41) is 4.94. The van der Waals surface area contributed by atoms with Crippen LogP contribution in [0.4, 0.5) is 10.1 Å². The molecule has 2 N–H and O–H groups in total. The Hall–Kier alpha value is -3.05. The van der Waals surface area contributed by atoms with Gasteiger partial charge >= 0.3 is 0 Å². The zero-order valence-corrected chi connectivity index (χ0v) is 14.3. The maximum atomic E-state index is 13.7. The first-order valence-electron chi connectivity index (χ1n) is 7.98. The van der Waals surface area contributed by atoms with E-state index in [-0.39, 0.29) is 17.3 Å². The highest BCUT2D eigenvalue weighted by atomic mass is 35.5. The fourth-order valence-corrected chi connectivity index (χ4v) is 3.01. The molecule has 0 aliphatic carbocycles. The number of aromatic nitrogens is 1. The average Bonchev–Trinajstić information content (AvgIpc) is 3.00. The fourth-order valence-electron chi connectivity index (χ4n) is 2.85. The summed E-state index contributed by atoms with van der Waals surface area (Å²) < 4.78 is 19.2. The molecule has 0 fully saturated rings. The van der Waals surface area contributed by atoms with Crippen molar-refractivity contribution in [2.24, 2.45) is 0 Å². The smallest absolute Gasteiger partial charge is 0.262 e. The highest BCUT2D eigenvalue weighted by Gasteiger charge is 2.09. The summed E-state index contributed by atoms with van der Waals surface area (Å²) >= 11 is 5.69. The molecular formula is C20H14ClFN2O2. The van der Waals surface area contributed by atoms with E-state index in [1.807, 2.05) is 36.4 Å². The van der Waals surface area contributed by atoms with E-state index in [4.69, 9.17) is 16.3 Å². The van der Waals surface area contributed by atoms with Crippen molar-refractivity contribution in [1.29, 1.82) is 0 Å². The predicted octanol–water partition coefficient (Wildman–Crippen LogP) is 5.13. The van der Waals surface area contributed by atoms with Gasteiger partial charge in [0.2, 0.25) is 0 Å². The van der Waals surface area contributed by atoms with Crippen LogP contribution in [0.3, 0.4) is 0 Å². The van der Waals surface area contributed by atoms with Crippen LogP contribution in [0.25, 0.3) is 21.8 Å². The van der Waals surface area contributed by atoms with Gasteiger partial charge in [-0.15, -0.1) is 0 Å². The summed E-state index contributed by atoms with van der Waals surface area (Å²) in [6.45, 7) is -0.228. The summed E-state index contributed by atoms with van der Waals surface area (Å²) in [4.78, 5) is 15.3. The molecule has 0 radical (unpaired) electrons. The molecule has 4 nitrogen and oxygen atoms in total. The molecule has 1 heterocycles. The number of rotatable bonds is 4. The van der Waals surface area contributed by atoms with E-state index in [1.165, 1.54) is 12.1 Å². The van der Waals surface area contributed by atoms with Crippen LogP contribution in [0, 0.1) is 5.82 Å². The average molecular weight is 369 g/mol. The molecular weight excluding hydrogens is 355 g/mol. The van der Waals surface area contributed by atoms with Crippen molar-refractivity contribution in [3.8, 4) is 5.75 Å². The van der Waals surface area contributed by atoms with Gasteiger partial charge in [0.25, 0.3) is 5.91 Å². The maximum absolute atomic E-state index is 13.7. The predicted molar refractivity (Wildman–Crippen MR) is 101 cm³/mol. The normalized spacial score (nSPS) is 11.0. The van der Waals surface area contributed by atoms with Crippen molar-refractivity contribution >= 4 is 45.0 Å². The molecule has 0 aliphatic heterocycles. The van der Waals surface area contributed by atoms with Gasteiger partial charge in [0.05, 0.1) is 11.2 Å². The third kappa shape index (κ3) is 3.21. The fraction of sp³-hybridized carbons (Fsp3) is 0.0500. The van der Waals surface area contributed by atoms with E-state index in [0.29, 0.717) is 5.75 Å². The van der Waals surface area contributed by atoms with E-state index in [0.717, 1.165) is 27.9 Å². The number of para-hydroxylation sites is 1. The summed E-state index contributed by atoms with van der Waals surface area (Å²) in [5.74, 6) is -0.496. The number of H-pyrrole nitrogens is 1. The summed E-state index contributed by atoms with van der Waals surface area (Å²) in [6.07, 6.45) is 0. The molecule has 4 rings (SSSR count). The topological polar surface area (TPSA) is 54.1 Å². The van der Waals surface area contributed by atoms with Gasteiger partial charge in [0.1, 0.15) is 11.6 Å². The molecule has 0 saturated carbocycles. The molecule has 26 heavy (non-hydrogen) atoms. The molecule has 0 aliphatic rings. The molecule has 6 heteroatoms. The number of carbonyl (C=O) groups excluding carboxylic acids is 1. The van der Waals surface area contributed by atoms with Gasteiger partial charge in [-0.3, -0.25) is 4.79 Å². The van der Waals surface area contributed by atoms with Gasteiger partial charge < -0.3 is 15.0 Å². The van der Waals surface area contributed by atoms with E-state index in [1.54, 1.807) is 6.07 Å². The molecule has 0 atom stereocenters. The Balaban J connectivity index is 1.47. The third-order valence-electron chi connectivity index (χ3n) is 4.05. The molecule has 0 spiro atoms. The van der Waals surface area contributed by atoms with Crippen LogP contribution in [0.5, 0.6) is 5.75 Å². The van der Waals surface area contributed by atoms with Gasteiger partial charge in [-0.05, 0) is 36.4 Å². The largest absolute Gasteiger partial charge is 0.484 e. The lowest BCUT2D eigenvalue weighted by Crippen LogP contribution is -2.20. The third-order valence-corrected chi connectivity index (χ3v) is 4.29. The van der Waals surface area contributed by atoms with Crippen molar-refractivity contribution in [1.82, 2.24) is 4.98 Å². The van der Waals surface area contributed by atoms with Gasteiger partial charge in [-0.1, -0.05) is 29.8 Å². The lowest BCUT2D eigenvalue weighted by Gasteiger charge is -2.08. The second-order valence-electron chi connectivity index (χ2n) is 5.84. The van der Waals surface area contributed by atoms with Crippen molar-refractivity contribution < 1.29 is 13.9 Å². The van der Waals surface area contributed by atoms with Crippen LogP contribution >= 0.6 is 11.6 Å². The number of halogens is 2. The quantitative estimate of drug-likeness (QED) is 0.524.